The third kappa shape index (κ3) is 4.10. The third-order valence-electron chi connectivity index (χ3n) is 2.86. The van der Waals surface area contributed by atoms with E-state index < -0.39 is 0 Å². The van der Waals surface area contributed by atoms with Crippen molar-refractivity contribution in [1.29, 1.82) is 0 Å². The van der Waals surface area contributed by atoms with E-state index in [4.69, 9.17) is 5.73 Å². The van der Waals surface area contributed by atoms with Crippen molar-refractivity contribution in [3.63, 3.8) is 0 Å². The second-order valence-electron chi connectivity index (χ2n) is 5.34. The van der Waals surface area contributed by atoms with Gasteiger partial charge in [0.05, 0.1) is 0 Å². The lowest BCUT2D eigenvalue weighted by molar-refractivity contribution is 0.271. The molecular formula is C11H24N2. The molecule has 0 amide bonds. The number of hydrogen-bond donors (Lipinski definition) is 2. The topological polar surface area (TPSA) is 38.0 Å². The minimum Gasteiger partial charge on any atom is -0.327 e. The third-order valence-corrected chi connectivity index (χ3v) is 2.86. The Morgan fingerprint density at radius 2 is 1.85 bits per heavy atom. The Morgan fingerprint density at radius 1 is 1.23 bits per heavy atom. The maximum absolute atomic E-state index is 6.07. The van der Waals surface area contributed by atoms with Gasteiger partial charge in [0, 0.05) is 11.6 Å². The first-order valence-corrected chi connectivity index (χ1v) is 5.49. The lowest BCUT2D eigenvalue weighted by atomic mass is 9.84. The van der Waals surface area contributed by atoms with E-state index in [1.807, 2.05) is 0 Å². The fraction of sp³-hybridized carbons (Fsp3) is 1.00. The summed E-state index contributed by atoms with van der Waals surface area (Å²) in [7, 11) is 0. The molecular weight excluding hydrogens is 160 g/mol. The molecule has 3 N–H and O–H groups in total. The van der Waals surface area contributed by atoms with Crippen LogP contribution in [0.25, 0.3) is 0 Å². The zero-order valence-electron chi connectivity index (χ0n) is 9.27. The SMILES string of the molecule is CC(C)(C)NCC1CCCCC1N. The van der Waals surface area contributed by atoms with Crippen LogP contribution in [0.1, 0.15) is 46.5 Å². The van der Waals surface area contributed by atoms with Crippen molar-refractivity contribution in [2.45, 2.75) is 58.0 Å². The van der Waals surface area contributed by atoms with Gasteiger partial charge in [-0.1, -0.05) is 12.8 Å². The van der Waals surface area contributed by atoms with Crippen molar-refractivity contribution < 1.29 is 0 Å². The van der Waals surface area contributed by atoms with Gasteiger partial charge in [0.1, 0.15) is 0 Å². The van der Waals surface area contributed by atoms with Crippen molar-refractivity contribution in [2.75, 3.05) is 6.54 Å². The average Bonchev–Trinajstić information content (AvgIpc) is 2.01. The fourth-order valence-electron chi connectivity index (χ4n) is 1.93. The molecule has 2 atom stereocenters. The van der Waals surface area contributed by atoms with Gasteiger partial charge in [-0.15, -0.1) is 0 Å². The Labute approximate surface area is 82.3 Å². The van der Waals surface area contributed by atoms with Gasteiger partial charge in [0.15, 0.2) is 0 Å². The van der Waals surface area contributed by atoms with Crippen molar-refractivity contribution >= 4 is 0 Å². The van der Waals surface area contributed by atoms with Crippen LogP contribution in [0.2, 0.25) is 0 Å². The molecule has 0 bridgehead atoms. The lowest BCUT2D eigenvalue weighted by Gasteiger charge is -2.31. The Morgan fingerprint density at radius 3 is 2.38 bits per heavy atom. The molecule has 1 aliphatic rings. The van der Waals surface area contributed by atoms with E-state index in [1.54, 1.807) is 0 Å². The van der Waals surface area contributed by atoms with Crippen LogP contribution in [0.15, 0.2) is 0 Å². The van der Waals surface area contributed by atoms with Crippen LogP contribution in [0.3, 0.4) is 0 Å². The molecule has 2 unspecified atom stereocenters. The monoisotopic (exact) mass is 184 g/mol. The highest BCUT2D eigenvalue weighted by Gasteiger charge is 2.22. The van der Waals surface area contributed by atoms with Crippen LogP contribution < -0.4 is 11.1 Å². The Bertz CT molecular complexity index is 149. The predicted molar refractivity (Wildman–Crippen MR) is 57.7 cm³/mol. The van der Waals surface area contributed by atoms with Crippen molar-refractivity contribution in [3.8, 4) is 0 Å². The molecule has 0 aliphatic heterocycles. The second kappa shape index (κ2) is 4.43. The molecule has 0 spiro atoms. The highest BCUT2D eigenvalue weighted by molar-refractivity contribution is 4.82. The number of nitrogens with two attached hydrogens (primary N) is 1. The fourth-order valence-corrected chi connectivity index (χ4v) is 1.93. The standard InChI is InChI=1S/C11H24N2/c1-11(2,3)13-8-9-6-4-5-7-10(9)12/h9-10,13H,4-8,12H2,1-3H3. The molecule has 1 fully saturated rings. The van der Waals surface area contributed by atoms with Crippen molar-refractivity contribution in [2.24, 2.45) is 11.7 Å². The largest absolute Gasteiger partial charge is 0.327 e. The van der Waals surface area contributed by atoms with Crippen LogP contribution in [0.4, 0.5) is 0 Å². The zero-order chi connectivity index (χ0) is 9.90. The molecule has 78 valence electrons. The number of nitrogens with one attached hydrogen (secondary N) is 1. The summed E-state index contributed by atoms with van der Waals surface area (Å²) in [5.74, 6) is 0.702. The first-order valence-electron chi connectivity index (χ1n) is 5.49. The number of hydrogen-bond acceptors (Lipinski definition) is 2. The molecule has 1 rings (SSSR count). The van der Waals surface area contributed by atoms with Crippen molar-refractivity contribution in [3.05, 3.63) is 0 Å². The minimum atomic E-state index is 0.233. The van der Waals surface area contributed by atoms with Gasteiger partial charge in [-0.3, -0.25) is 0 Å². The van der Waals surface area contributed by atoms with Gasteiger partial charge in [-0.25, -0.2) is 0 Å². The maximum atomic E-state index is 6.07. The van der Waals surface area contributed by atoms with E-state index in [9.17, 15) is 0 Å². The van der Waals surface area contributed by atoms with Gasteiger partial charge in [-0.05, 0) is 46.1 Å². The predicted octanol–water partition coefficient (Wildman–Crippen LogP) is 1.89. The summed E-state index contributed by atoms with van der Waals surface area (Å²) in [5, 5.41) is 3.54. The smallest absolute Gasteiger partial charge is 0.00966 e. The molecule has 0 aromatic heterocycles. The van der Waals surface area contributed by atoms with Gasteiger partial charge in [0.25, 0.3) is 0 Å². The van der Waals surface area contributed by atoms with E-state index in [0.717, 1.165) is 6.54 Å². The minimum absolute atomic E-state index is 0.233. The zero-order valence-corrected chi connectivity index (χ0v) is 9.27. The van der Waals surface area contributed by atoms with Crippen LogP contribution >= 0.6 is 0 Å². The van der Waals surface area contributed by atoms with E-state index in [0.29, 0.717) is 12.0 Å². The van der Waals surface area contributed by atoms with Crippen molar-refractivity contribution in [1.82, 2.24) is 5.32 Å². The first kappa shape index (κ1) is 11.0. The van der Waals surface area contributed by atoms with E-state index >= 15 is 0 Å². The van der Waals surface area contributed by atoms with E-state index in [-0.39, 0.29) is 5.54 Å². The Balaban J connectivity index is 2.27. The van der Waals surface area contributed by atoms with Crippen LogP contribution in [0, 0.1) is 5.92 Å². The molecule has 0 saturated heterocycles. The summed E-state index contributed by atoms with van der Waals surface area (Å²) in [5.41, 5.74) is 6.30. The molecule has 0 radical (unpaired) electrons. The lowest BCUT2D eigenvalue weighted by Crippen LogP contribution is -2.45. The summed E-state index contributed by atoms with van der Waals surface area (Å²) in [6, 6.07) is 0.434. The van der Waals surface area contributed by atoms with Gasteiger partial charge in [0.2, 0.25) is 0 Å². The van der Waals surface area contributed by atoms with Gasteiger partial charge >= 0.3 is 0 Å². The van der Waals surface area contributed by atoms with E-state index in [1.165, 1.54) is 25.7 Å². The Hall–Kier alpha value is -0.0800. The highest BCUT2D eigenvalue weighted by Crippen LogP contribution is 2.22. The first-order chi connectivity index (χ1) is 5.99. The quantitative estimate of drug-likeness (QED) is 0.688. The second-order valence-corrected chi connectivity index (χ2v) is 5.34. The normalized spacial score (nSPS) is 30.5. The maximum Gasteiger partial charge on any atom is 0.00966 e. The molecule has 1 saturated carbocycles. The average molecular weight is 184 g/mol. The molecule has 2 nitrogen and oxygen atoms in total. The Kier molecular flexibility index (Phi) is 3.74. The molecule has 0 aromatic rings. The van der Waals surface area contributed by atoms with Gasteiger partial charge in [-0.2, -0.15) is 0 Å². The molecule has 13 heavy (non-hydrogen) atoms. The van der Waals surface area contributed by atoms with Crippen LogP contribution in [-0.2, 0) is 0 Å². The molecule has 0 aromatic carbocycles. The van der Waals surface area contributed by atoms with E-state index in [2.05, 4.69) is 26.1 Å². The molecule has 0 heterocycles. The number of rotatable bonds is 2. The van der Waals surface area contributed by atoms with Crippen LogP contribution in [-0.4, -0.2) is 18.1 Å². The summed E-state index contributed by atoms with van der Waals surface area (Å²) >= 11 is 0. The summed E-state index contributed by atoms with van der Waals surface area (Å²) in [4.78, 5) is 0. The molecule has 1 aliphatic carbocycles. The molecule has 2 heteroatoms. The highest BCUT2D eigenvalue weighted by atomic mass is 15.0. The van der Waals surface area contributed by atoms with Crippen LogP contribution in [0.5, 0.6) is 0 Å². The summed E-state index contributed by atoms with van der Waals surface area (Å²) in [6.45, 7) is 7.72. The summed E-state index contributed by atoms with van der Waals surface area (Å²) in [6.07, 6.45) is 5.22. The van der Waals surface area contributed by atoms with Gasteiger partial charge < -0.3 is 11.1 Å². The summed E-state index contributed by atoms with van der Waals surface area (Å²) < 4.78 is 0.